The van der Waals surface area contributed by atoms with Gasteiger partial charge in [0.2, 0.25) is 0 Å². The molecule has 3 heteroatoms. The lowest BCUT2D eigenvalue weighted by molar-refractivity contribution is 0.0498. The highest BCUT2D eigenvalue weighted by Crippen LogP contribution is 2.19. The summed E-state index contributed by atoms with van der Waals surface area (Å²) >= 11 is 0. The summed E-state index contributed by atoms with van der Waals surface area (Å²) in [4.78, 5) is 0. The summed E-state index contributed by atoms with van der Waals surface area (Å²) in [5.41, 5.74) is 0.511. The van der Waals surface area contributed by atoms with E-state index >= 15 is 0 Å². The Kier molecular flexibility index (Phi) is 3.66. The molecular weight excluding hydrogens is 168 g/mol. The molecule has 0 fully saturated rings. The van der Waals surface area contributed by atoms with Crippen LogP contribution in [0.2, 0.25) is 0 Å². The number of hydrogen-bond acceptors (Lipinski definition) is 3. The number of aliphatic hydroxyl groups is 3. The van der Waals surface area contributed by atoms with Crippen LogP contribution in [-0.2, 0) is 0 Å². The number of aliphatic hydroxyl groups excluding tert-OH is 3. The van der Waals surface area contributed by atoms with E-state index < -0.39 is 18.3 Å². The zero-order valence-electron chi connectivity index (χ0n) is 7.72. The van der Waals surface area contributed by atoms with Gasteiger partial charge in [-0.1, -0.05) is 31.6 Å². The van der Waals surface area contributed by atoms with Crippen LogP contribution in [0.5, 0.6) is 0 Å². The molecule has 1 aliphatic carbocycles. The van der Waals surface area contributed by atoms with E-state index in [1.165, 1.54) is 6.08 Å². The molecule has 1 rings (SSSR count). The van der Waals surface area contributed by atoms with Gasteiger partial charge >= 0.3 is 0 Å². The summed E-state index contributed by atoms with van der Waals surface area (Å²) in [6.45, 7) is 1.96. The van der Waals surface area contributed by atoms with Crippen molar-refractivity contribution in [1.82, 2.24) is 0 Å². The zero-order chi connectivity index (χ0) is 9.84. The van der Waals surface area contributed by atoms with Crippen molar-refractivity contribution in [3.63, 3.8) is 0 Å². The maximum atomic E-state index is 9.59. The average Bonchev–Trinajstić information content (AvgIpc) is 2.10. The quantitative estimate of drug-likeness (QED) is 0.593. The molecule has 3 nitrogen and oxygen atoms in total. The van der Waals surface area contributed by atoms with Crippen LogP contribution in [0, 0.1) is 0 Å². The SMILES string of the molecule is CCC[C@@H](O)C1=CC=C[C@H](O)[C@@H]1O. The first-order chi connectivity index (χ1) is 6.16. The van der Waals surface area contributed by atoms with Gasteiger partial charge in [0.15, 0.2) is 0 Å². The molecule has 74 valence electrons. The summed E-state index contributed by atoms with van der Waals surface area (Å²) < 4.78 is 0. The van der Waals surface area contributed by atoms with Crippen LogP contribution in [0.4, 0.5) is 0 Å². The number of hydrogen-bond donors (Lipinski definition) is 3. The lowest BCUT2D eigenvalue weighted by Crippen LogP contribution is -2.33. The molecule has 1 aliphatic rings. The average molecular weight is 184 g/mol. The Morgan fingerprint density at radius 1 is 1.46 bits per heavy atom. The molecule has 0 unspecified atom stereocenters. The molecule has 0 radical (unpaired) electrons. The summed E-state index contributed by atoms with van der Waals surface area (Å²) in [7, 11) is 0. The first kappa shape index (κ1) is 10.4. The largest absolute Gasteiger partial charge is 0.389 e. The van der Waals surface area contributed by atoms with Gasteiger partial charge in [-0.15, -0.1) is 0 Å². The van der Waals surface area contributed by atoms with Crippen LogP contribution in [0.1, 0.15) is 19.8 Å². The van der Waals surface area contributed by atoms with Crippen molar-refractivity contribution in [2.24, 2.45) is 0 Å². The fourth-order valence-corrected chi connectivity index (χ4v) is 1.43. The second-order valence-corrected chi connectivity index (χ2v) is 3.29. The lowest BCUT2D eigenvalue weighted by Gasteiger charge is -2.24. The van der Waals surface area contributed by atoms with E-state index in [1.807, 2.05) is 6.92 Å². The topological polar surface area (TPSA) is 60.7 Å². The summed E-state index contributed by atoms with van der Waals surface area (Å²) in [6.07, 6.45) is 3.82. The highest BCUT2D eigenvalue weighted by atomic mass is 16.3. The van der Waals surface area contributed by atoms with E-state index in [0.717, 1.165) is 6.42 Å². The Balaban J connectivity index is 2.67. The fourth-order valence-electron chi connectivity index (χ4n) is 1.43. The van der Waals surface area contributed by atoms with Crippen molar-refractivity contribution >= 4 is 0 Å². The van der Waals surface area contributed by atoms with E-state index in [0.29, 0.717) is 12.0 Å². The van der Waals surface area contributed by atoms with E-state index in [4.69, 9.17) is 0 Å². The van der Waals surface area contributed by atoms with Crippen molar-refractivity contribution in [1.29, 1.82) is 0 Å². The second-order valence-electron chi connectivity index (χ2n) is 3.29. The van der Waals surface area contributed by atoms with Crippen LogP contribution in [0.25, 0.3) is 0 Å². The van der Waals surface area contributed by atoms with Gasteiger partial charge in [0, 0.05) is 0 Å². The molecular formula is C10H16O3. The van der Waals surface area contributed by atoms with Gasteiger partial charge in [0.1, 0.15) is 12.2 Å². The summed E-state index contributed by atoms with van der Waals surface area (Å²) in [5.74, 6) is 0. The van der Waals surface area contributed by atoms with Crippen LogP contribution in [0.3, 0.4) is 0 Å². The van der Waals surface area contributed by atoms with Crippen LogP contribution < -0.4 is 0 Å². The fraction of sp³-hybridized carbons (Fsp3) is 0.600. The number of rotatable bonds is 3. The first-order valence-electron chi connectivity index (χ1n) is 4.59. The van der Waals surface area contributed by atoms with Crippen molar-refractivity contribution in [2.75, 3.05) is 0 Å². The maximum absolute atomic E-state index is 9.59. The minimum Gasteiger partial charge on any atom is -0.389 e. The van der Waals surface area contributed by atoms with Crippen LogP contribution in [0.15, 0.2) is 23.8 Å². The molecule has 0 aliphatic heterocycles. The Morgan fingerprint density at radius 3 is 2.77 bits per heavy atom. The monoisotopic (exact) mass is 184 g/mol. The molecule has 0 heterocycles. The molecule has 0 saturated heterocycles. The van der Waals surface area contributed by atoms with Gasteiger partial charge in [-0.05, 0) is 12.0 Å². The third kappa shape index (κ3) is 2.40. The second kappa shape index (κ2) is 4.56. The van der Waals surface area contributed by atoms with Gasteiger partial charge in [-0.3, -0.25) is 0 Å². The highest BCUT2D eigenvalue weighted by Gasteiger charge is 2.25. The van der Waals surface area contributed by atoms with E-state index in [-0.39, 0.29) is 0 Å². The summed E-state index contributed by atoms with van der Waals surface area (Å²) in [5, 5.41) is 28.4. The van der Waals surface area contributed by atoms with E-state index in [9.17, 15) is 15.3 Å². The molecule has 0 aromatic carbocycles. The molecule has 0 saturated carbocycles. The van der Waals surface area contributed by atoms with E-state index in [1.54, 1.807) is 12.2 Å². The molecule has 3 atom stereocenters. The third-order valence-corrected chi connectivity index (χ3v) is 2.21. The van der Waals surface area contributed by atoms with Crippen LogP contribution in [-0.4, -0.2) is 33.6 Å². The van der Waals surface area contributed by atoms with Crippen molar-refractivity contribution in [2.45, 2.75) is 38.1 Å². The first-order valence-corrected chi connectivity index (χ1v) is 4.59. The molecule has 13 heavy (non-hydrogen) atoms. The standard InChI is InChI=1S/C10H16O3/c1-2-4-8(11)7-5-3-6-9(12)10(7)13/h3,5-6,8-13H,2,4H2,1H3/t8-,9+,10-/m1/s1. The minimum atomic E-state index is -0.952. The molecule has 0 spiro atoms. The van der Waals surface area contributed by atoms with Gasteiger partial charge in [-0.2, -0.15) is 0 Å². The van der Waals surface area contributed by atoms with Crippen molar-refractivity contribution in [3.8, 4) is 0 Å². The predicted octanol–water partition coefficient (Wildman–Crippen LogP) is 0.365. The molecule has 0 aromatic heterocycles. The third-order valence-electron chi connectivity index (χ3n) is 2.21. The Morgan fingerprint density at radius 2 is 2.15 bits per heavy atom. The Labute approximate surface area is 78.0 Å². The van der Waals surface area contributed by atoms with Gasteiger partial charge in [-0.25, -0.2) is 0 Å². The smallest absolute Gasteiger partial charge is 0.107 e. The Bertz CT molecular complexity index is 220. The number of allylic oxidation sites excluding steroid dienone is 2. The predicted molar refractivity (Wildman–Crippen MR) is 50.2 cm³/mol. The molecule has 0 amide bonds. The molecule has 3 N–H and O–H groups in total. The zero-order valence-corrected chi connectivity index (χ0v) is 7.72. The normalized spacial score (nSPS) is 30.0. The van der Waals surface area contributed by atoms with E-state index in [2.05, 4.69) is 0 Å². The summed E-state index contributed by atoms with van der Waals surface area (Å²) in [6, 6.07) is 0. The van der Waals surface area contributed by atoms with Gasteiger partial charge in [0.25, 0.3) is 0 Å². The highest BCUT2D eigenvalue weighted by molar-refractivity contribution is 5.27. The molecule has 0 aromatic rings. The van der Waals surface area contributed by atoms with Crippen molar-refractivity contribution < 1.29 is 15.3 Å². The lowest BCUT2D eigenvalue weighted by atomic mass is 9.93. The minimum absolute atomic E-state index is 0.511. The maximum Gasteiger partial charge on any atom is 0.107 e. The van der Waals surface area contributed by atoms with Crippen molar-refractivity contribution in [3.05, 3.63) is 23.8 Å². The van der Waals surface area contributed by atoms with Crippen LogP contribution >= 0.6 is 0 Å². The molecule has 0 bridgehead atoms. The van der Waals surface area contributed by atoms with Gasteiger partial charge in [0.05, 0.1) is 6.10 Å². The van der Waals surface area contributed by atoms with Gasteiger partial charge < -0.3 is 15.3 Å². The Hall–Kier alpha value is -0.640.